The van der Waals surface area contributed by atoms with E-state index < -0.39 is 51.6 Å². The molecule has 2 aromatic heterocycles. The SMILES string of the molecule is CC1(C)Oc2cc(/C=C3\C(=O)c4cc(F)c(F)cc4C3=C(C#N)C#N)sc2-c2sc(/C=C3\C(=O)c4cc(F)c(F)cc4C3=C(C#N)C#N)cc21. The van der Waals surface area contributed by atoms with Gasteiger partial charge < -0.3 is 4.74 Å². The molecule has 3 aliphatic rings. The first-order valence-electron chi connectivity index (χ1n) is 14.4. The van der Waals surface area contributed by atoms with Gasteiger partial charge in [-0.3, -0.25) is 9.59 Å². The van der Waals surface area contributed by atoms with E-state index in [0.29, 0.717) is 25.9 Å². The molecule has 240 valence electrons. The number of ketones is 2. The fourth-order valence-corrected chi connectivity index (χ4v) is 8.62. The summed E-state index contributed by atoms with van der Waals surface area (Å²) in [6, 6.07) is 13.4. The second-order valence-corrected chi connectivity index (χ2v) is 13.9. The van der Waals surface area contributed by atoms with E-state index in [2.05, 4.69) is 0 Å². The lowest BCUT2D eigenvalue weighted by molar-refractivity contribution is 0.103. The zero-order valence-electron chi connectivity index (χ0n) is 25.5. The highest BCUT2D eigenvalue weighted by Crippen LogP contribution is 2.54. The monoisotopic (exact) mass is 702 g/mol. The molecule has 2 aliphatic carbocycles. The van der Waals surface area contributed by atoms with Crippen LogP contribution in [-0.4, -0.2) is 11.6 Å². The fourth-order valence-electron chi connectivity index (χ4n) is 6.19. The van der Waals surface area contributed by atoms with Gasteiger partial charge >= 0.3 is 0 Å². The van der Waals surface area contributed by atoms with Crippen LogP contribution in [0.15, 0.2) is 58.7 Å². The second-order valence-electron chi connectivity index (χ2n) is 11.7. The quantitative estimate of drug-likeness (QED) is 0.116. The van der Waals surface area contributed by atoms with Crippen LogP contribution >= 0.6 is 22.7 Å². The van der Waals surface area contributed by atoms with Crippen molar-refractivity contribution in [3.63, 3.8) is 0 Å². The van der Waals surface area contributed by atoms with Crippen molar-refractivity contribution >= 4 is 57.5 Å². The molecule has 7 nitrogen and oxygen atoms in total. The molecule has 4 aromatic rings. The van der Waals surface area contributed by atoms with Crippen LogP contribution in [0.5, 0.6) is 5.75 Å². The molecule has 2 aromatic carbocycles. The maximum atomic E-state index is 14.2. The van der Waals surface area contributed by atoms with Gasteiger partial charge in [-0.15, -0.1) is 22.7 Å². The Hall–Kier alpha value is -6.38. The number of ether oxygens (including phenoxy) is 1. The van der Waals surface area contributed by atoms with Crippen molar-refractivity contribution in [2.24, 2.45) is 0 Å². The number of allylic oxidation sites excluding steroid dienone is 6. The number of rotatable bonds is 2. The lowest BCUT2D eigenvalue weighted by atomic mass is 9.94. The van der Waals surface area contributed by atoms with Crippen molar-refractivity contribution in [1.82, 2.24) is 0 Å². The largest absolute Gasteiger partial charge is 0.482 e. The molecule has 1 aliphatic heterocycles. The summed E-state index contributed by atoms with van der Waals surface area (Å²) in [7, 11) is 0. The average Bonchev–Trinajstić information content (AvgIpc) is 3.81. The molecule has 3 heterocycles. The van der Waals surface area contributed by atoms with Gasteiger partial charge in [0.15, 0.2) is 34.8 Å². The highest BCUT2D eigenvalue weighted by Gasteiger charge is 2.39. The smallest absolute Gasteiger partial charge is 0.194 e. The minimum absolute atomic E-state index is 0.0695. The zero-order chi connectivity index (χ0) is 35.8. The average molecular weight is 703 g/mol. The van der Waals surface area contributed by atoms with Gasteiger partial charge in [-0.25, -0.2) is 17.6 Å². The minimum Gasteiger partial charge on any atom is -0.482 e. The number of hydrogen-bond acceptors (Lipinski definition) is 9. The lowest BCUT2D eigenvalue weighted by Gasteiger charge is -2.31. The Balaban J connectivity index is 1.36. The van der Waals surface area contributed by atoms with Crippen molar-refractivity contribution in [3.8, 4) is 39.8 Å². The number of carbonyl (C=O) groups excluding carboxylic acids is 2. The summed E-state index contributed by atoms with van der Waals surface area (Å²) in [4.78, 5) is 29.2. The second kappa shape index (κ2) is 11.4. The molecule has 0 fully saturated rings. The number of Topliss-reactive ketones (excluding diaryl/α,β-unsaturated/α-hetero) is 2. The Labute approximate surface area is 288 Å². The number of fused-ring (bicyclic) bond motifs is 5. The molecule has 7 rings (SSSR count). The summed E-state index contributed by atoms with van der Waals surface area (Å²) in [5.74, 6) is -5.96. The van der Waals surface area contributed by atoms with Crippen LogP contribution in [0.3, 0.4) is 0 Å². The fraction of sp³-hybridized carbons (Fsp3) is 0.0811. The highest BCUT2D eigenvalue weighted by molar-refractivity contribution is 7.23. The van der Waals surface area contributed by atoms with Crippen LogP contribution in [0, 0.1) is 68.6 Å². The summed E-state index contributed by atoms with van der Waals surface area (Å²) in [6.07, 6.45) is 2.87. The number of nitrogens with zero attached hydrogens (tertiary/aromatic N) is 4. The van der Waals surface area contributed by atoms with Crippen molar-refractivity contribution in [3.05, 3.63) is 120 Å². The predicted molar refractivity (Wildman–Crippen MR) is 175 cm³/mol. The number of benzene rings is 2. The third kappa shape index (κ3) is 4.72. The van der Waals surface area contributed by atoms with Crippen LogP contribution in [0.25, 0.3) is 33.1 Å². The summed E-state index contributed by atoms with van der Waals surface area (Å²) < 4.78 is 63.1. The molecule has 0 amide bonds. The van der Waals surface area contributed by atoms with Gasteiger partial charge in [-0.1, -0.05) is 0 Å². The summed E-state index contributed by atoms with van der Waals surface area (Å²) >= 11 is 2.44. The van der Waals surface area contributed by atoms with Crippen molar-refractivity contribution in [2.75, 3.05) is 0 Å². The van der Waals surface area contributed by atoms with Gasteiger partial charge in [0, 0.05) is 48.7 Å². The minimum atomic E-state index is -1.26. The van der Waals surface area contributed by atoms with Crippen LogP contribution in [0.1, 0.15) is 61.0 Å². The van der Waals surface area contributed by atoms with Crippen molar-refractivity contribution in [1.29, 1.82) is 21.0 Å². The Kier molecular flexibility index (Phi) is 7.31. The number of halogens is 4. The van der Waals surface area contributed by atoms with Crippen molar-refractivity contribution < 1.29 is 31.9 Å². The standard InChI is InChI=1S/C37H14F4N4O3S2/c1-37(2)25-5-17(3-23-31(15(11-42)12-43)19-7-26(38)28(40)9-21(19)33(23)46)49-35(25)36-30(48-37)6-18(50-36)4-24-32(16(13-44)14-45)20-8-27(39)29(41)10-22(20)34(24)47/h3-10H,1-2H3/b23-3-,24-4-. The van der Waals surface area contributed by atoms with Gasteiger partial charge in [0.05, 0.1) is 9.75 Å². The summed E-state index contributed by atoms with van der Waals surface area (Å²) in [6.45, 7) is 3.61. The van der Waals surface area contributed by atoms with E-state index in [1.807, 2.05) is 0 Å². The van der Waals surface area contributed by atoms with E-state index in [0.717, 1.165) is 29.1 Å². The van der Waals surface area contributed by atoms with E-state index in [1.54, 1.807) is 50.3 Å². The summed E-state index contributed by atoms with van der Waals surface area (Å²) in [5.41, 5.74) is -2.06. The van der Waals surface area contributed by atoms with Crippen LogP contribution < -0.4 is 4.74 Å². The number of carbonyl (C=O) groups is 2. The Morgan fingerprint density at radius 3 is 1.48 bits per heavy atom. The van der Waals surface area contributed by atoms with Crippen molar-refractivity contribution in [2.45, 2.75) is 19.4 Å². The van der Waals surface area contributed by atoms with E-state index in [4.69, 9.17) is 4.74 Å². The maximum absolute atomic E-state index is 14.2. The van der Waals surface area contributed by atoms with Gasteiger partial charge in [0.1, 0.15) is 46.8 Å². The van der Waals surface area contributed by atoms with Crippen LogP contribution in [-0.2, 0) is 5.60 Å². The van der Waals surface area contributed by atoms with Gasteiger partial charge in [0.25, 0.3) is 0 Å². The first-order chi connectivity index (χ1) is 23.8. The molecule has 0 N–H and O–H groups in total. The van der Waals surface area contributed by atoms with Crippen LogP contribution in [0.2, 0.25) is 0 Å². The molecule has 0 unspecified atom stereocenters. The number of hydrogen-bond donors (Lipinski definition) is 0. The highest BCUT2D eigenvalue weighted by atomic mass is 32.1. The number of thiophene rings is 2. The molecule has 13 heteroatoms. The number of nitriles is 4. The van der Waals surface area contributed by atoms with E-state index in [9.17, 15) is 48.2 Å². The Bertz CT molecular complexity index is 2600. The maximum Gasteiger partial charge on any atom is 0.194 e. The lowest BCUT2D eigenvalue weighted by Crippen LogP contribution is -2.27. The summed E-state index contributed by atoms with van der Waals surface area (Å²) in [5, 5.41) is 38.5. The Morgan fingerprint density at radius 1 is 0.640 bits per heavy atom. The van der Waals surface area contributed by atoms with Crippen LogP contribution in [0.4, 0.5) is 17.6 Å². The molecule has 50 heavy (non-hydrogen) atoms. The third-order valence-corrected chi connectivity index (χ3v) is 10.7. The molecule has 0 bridgehead atoms. The van der Waals surface area contributed by atoms with Gasteiger partial charge in [0.2, 0.25) is 0 Å². The zero-order valence-corrected chi connectivity index (χ0v) is 27.1. The Morgan fingerprint density at radius 2 is 1.04 bits per heavy atom. The normalized spacial score (nSPS) is 16.5. The van der Waals surface area contributed by atoms with E-state index in [1.165, 1.54) is 34.8 Å². The molecular weight excluding hydrogens is 689 g/mol. The molecule has 0 spiro atoms. The predicted octanol–water partition coefficient (Wildman–Crippen LogP) is 8.82. The van der Waals surface area contributed by atoms with Gasteiger partial charge in [-0.05, 0) is 73.5 Å². The molecule has 0 saturated carbocycles. The third-order valence-electron chi connectivity index (χ3n) is 8.39. The molecule has 0 atom stereocenters. The molecule has 0 saturated heterocycles. The first kappa shape index (κ1) is 32.2. The first-order valence-corrected chi connectivity index (χ1v) is 16.0. The molecule has 0 radical (unpaired) electrons. The molecular formula is C37H14F4N4O3S2. The topological polar surface area (TPSA) is 139 Å². The van der Waals surface area contributed by atoms with Gasteiger partial charge in [-0.2, -0.15) is 21.0 Å². The van der Waals surface area contributed by atoms with E-state index in [-0.39, 0.29) is 44.5 Å². The van der Waals surface area contributed by atoms with E-state index >= 15 is 0 Å².